The minimum atomic E-state index is 0.794. The van der Waals surface area contributed by atoms with E-state index in [2.05, 4.69) is 37.9 Å². The predicted octanol–water partition coefficient (Wildman–Crippen LogP) is 3.52. The summed E-state index contributed by atoms with van der Waals surface area (Å²) in [4.78, 5) is 2.51. The molecule has 1 saturated carbocycles. The van der Waals surface area contributed by atoms with Crippen LogP contribution in [0.15, 0.2) is 0 Å². The zero-order valence-electron chi connectivity index (χ0n) is 13.0. The van der Waals surface area contributed by atoms with Gasteiger partial charge in [0, 0.05) is 6.04 Å². The van der Waals surface area contributed by atoms with E-state index in [1.165, 1.54) is 58.3 Å². The lowest BCUT2D eigenvalue weighted by Crippen LogP contribution is -2.37. The molecule has 1 fully saturated rings. The summed E-state index contributed by atoms with van der Waals surface area (Å²) in [5.41, 5.74) is 0. The molecule has 18 heavy (non-hydrogen) atoms. The maximum absolute atomic E-state index is 3.78. The Morgan fingerprint density at radius 2 is 1.89 bits per heavy atom. The fourth-order valence-electron chi connectivity index (χ4n) is 3.17. The highest BCUT2D eigenvalue weighted by molar-refractivity contribution is 4.79. The molecule has 0 aliphatic heterocycles. The molecule has 108 valence electrons. The first-order valence-electron chi connectivity index (χ1n) is 8.13. The van der Waals surface area contributed by atoms with Crippen LogP contribution in [0.2, 0.25) is 0 Å². The van der Waals surface area contributed by atoms with Gasteiger partial charge in [-0.15, -0.1) is 0 Å². The number of hydrogen-bond donors (Lipinski definition) is 1. The third kappa shape index (κ3) is 5.71. The summed E-state index contributed by atoms with van der Waals surface area (Å²) >= 11 is 0. The van der Waals surface area contributed by atoms with Crippen molar-refractivity contribution >= 4 is 0 Å². The van der Waals surface area contributed by atoms with Gasteiger partial charge < -0.3 is 10.2 Å². The van der Waals surface area contributed by atoms with E-state index in [0.29, 0.717) is 0 Å². The van der Waals surface area contributed by atoms with Gasteiger partial charge in [-0.1, -0.05) is 40.5 Å². The number of nitrogens with zero attached hydrogens (tertiary/aromatic N) is 1. The number of hydrogen-bond acceptors (Lipinski definition) is 2. The van der Waals surface area contributed by atoms with Crippen LogP contribution in [0.1, 0.15) is 59.8 Å². The van der Waals surface area contributed by atoms with Crippen LogP contribution in [0, 0.1) is 11.8 Å². The van der Waals surface area contributed by atoms with Crippen molar-refractivity contribution in [3.63, 3.8) is 0 Å². The van der Waals surface area contributed by atoms with Gasteiger partial charge in [-0.2, -0.15) is 0 Å². The van der Waals surface area contributed by atoms with Crippen molar-refractivity contribution in [2.24, 2.45) is 11.8 Å². The van der Waals surface area contributed by atoms with E-state index in [4.69, 9.17) is 0 Å². The second-order valence-corrected chi connectivity index (χ2v) is 6.20. The summed E-state index contributed by atoms with van der Waals surface area (Å²) in [6.45, 7) is 14.1. The minimum absolute atomic E-state index is 0.794. The topological polar surface area (TPSA) is 15.3 Å². The SMILES string of the molecule is CCN(CC)CCCNC1CCCC(C(C)C)C1. The lowest BCUT2D eigenvalue weighted by Gasteiger charge is -2.32. The highest BCUT2D eigenvalue weighted by atomic mass is 15.1. The maximum atomic E-state index is 3.78. The molecule has 0 bridgehead atoms. The largest absolute Gasteiger partial charge is 0.314 e. The summed E-state index contributed by atoms with van der Waals surface area (Å²) in [5, 5.41) is 3.78. The van der Waals surface area contributed by atoms with E-state index < -0.39 is 0 Å². The molecule has 1 aliphatic carbocycles. The van der Waals surface area contributed by atoms with Crippen molar-refractivity contribution in [2.75, 3.05) is 26.2 Å². The normalized spacial score (nSPS) is 25.0. The van der Waals surface area contributed by atoms with E-state index in [1.54, 1.807) is 0 Å². The lowest BCUT2D eigenvalue weighted by molar-refractivity contribution is 0.227. The van der Waals surface area contributed by atoms with Crippen molar-refractivity contribution in [2.45, 2.75) is 65.8 Å². The highest BCUT2D eigenvalue weighted by Crippen LogP contribution is 2.29. The van der Waals surface area contributed by atoms with Crippen LogP contribution in [0.25, 0.3) is 0 Å². The molecule has 0 heterocycles. The molecule has 2 atom stereocenters. The zero-order chi connectivity index (χ0) is 13.4. The summed E-state index contributed by atoms with van der Waals surface area (Å²) < 4.78 is 0. The van der Waals surface area contributed by atoms with Crippen LogP contribution < -0.4 is 5.32 Å². The van der Waals surface area contributed by atoms with Crippen LogP contribution in [0.3, 0.4) is 0 Å². The van der Waals surface area contributed by atoms with Crippen LogP contribution in [0.4, 0.5) is 0 Å². The van der Waals surface area contributed by atoms with Gasteiger partial charge in [-0.05, 0) is 57.3 Å². The van der Waals surface area contributed by atoms with Crippen molar-refractivity contribution in [3.05, 3.63) is 0 Å². The average Bonchev–Trinajstić information content (AvgIpc) is 2.39. The van der Waals surface area contributed by atoms with Gasteiger partial charge >= 0.3 is 0 Å². The summed E-state index contributed by atoms with van der Waals surface area (Å²) in [7, 11) is 0. The Labute approximate surface area is 115 Å². The van der Waals surface area contributed by atoms with Crippen molar-refractivity contribution in [1.29, 1.82) is 0 Å². The van der Waals surface area contributed by atoms with Gasteiger partial charge in [-0.25, -0.2) is 0 Å². The first-order valence-corrected chi connectivity index (χ1v) is 8.13. The Morgan fingerprint density at radius 1 is 1.17 bits per heavy atom. The second kappa shape index (κ2) is 8.92. The van der Waals surface area contributed by atoms with Crippen LogP contribution in [-0.4, -0.2) is 37.1 Å². The van der Waals surface area contributed by atoms with E-state index in [1.807, 2.05) is 0 Å². The highest BCUT2D eigenvalue weighted by Gasteiger charge is 2.23. The van der Waals surface area contributed by atoms with Crippen LogP contribution in [-0.2, 0) is 0 Å². The molecule has 0 radical (unpaired) electrons. The van der Waals surface area contributed by atoms with Gasteiger partial charge in [0.1, 0.15) is 0 Å². The first-order chi connectivity index (χ1) is 8.67. The monoisotopic (exact) mass is 254 g/mol. The molecular formula is C16H34N2. The number of nitrogens with one attached hydrogen (secondary N) is 1. The van der Waals surface area contributed by atoms with Gasteiger partial charge in [0.05, 0.1) is 0 Å². The third-order valence-corrected chi connectivity index (χ3v) is 4.64. The van der Waals surface area contributed by atoms with Crippen molar-refractivity contribution in [1.82, 2.24) is 10.2 Å². The van der Waals surface area contributed by atoms with Gasteiger partial charge in [-0.3, -0.25) is 0 Å². The lowest BCUT2D eigenvalue weighted by atomic mass is 9.79. The summed E-state index contributed by atoms with van der Waals surface area (Å²) in [6, 6.07) is 0.794. The van der Waals surface area contributed by atoms with E-state index in [-0.39, 0.29) is 0 Å². The zero-order valence-corrected chi connectivity index (χ0v) is 13.0. The molecule has 0 aromatic rings. The summed E-state index contributed by atoms with van der Waals surface area (Å²) in [5.74, 6) is 1.82. The molecule has 2 unspecified atom stereocenters. The van der Waals surface area contributed by atoms with E-state index in [0.717, 1.165) is 17.9 Å². The Morgan fingerprint density at radius 3 is 2.50 bits per heavy atom. The second-order valence-electron chi connectivity index (χ2n) is 6.20. The molecular weight excluding hydrogens is 220 g/mol. The van der Waals surface area contributed by atoms with E-state index >= 15 is 0 Å². The first kappa shape index (κ1) is 16.0. The van der Waals surface area contributed by atoms with Gasteiger partial charge in [0.25, 0.3) is 0 Å². The maximum Gasteiger partial charge on any atom is 0.00698 e. The Kier molecular flexibility index (Phi) is 7.92. The van der Waals surface area contributed by atoms with Crippen LogP contribution in [0.5, 0.6) is 0 Å². The molecule has 1 N–H and O–H groups in total. The molecule has 2 heteroatoms. The smallest absolute Gasteiger partial charge is 0.00698 e. The Balaban J connectivity index is 2.11. The average molecular weight is 254 g/mol. The van der Waals surface area contributed by atoms with Gasteiger partial charge in [0.15, 0.2) is 0 Å². The Bertz CT molecular complexity index is 199. The minimum Gasteiger partial charge on any atom is -0.314 e. The molecule has 0 aromatic heterocycles. The van der Waals surface area contributed by atoms with Crippen LogP contribution >= 0.6 is 0 Å². The van der Waals surface area contributed by atoms with Crippen molar-refractivity contribution < 1.29 is 0 Å². The molecule has 0 aromatic carbocycles. The Hall–Kier alpha value is -0.0800. The molecule has 1 aliphatic rings. The molecule has 2 nitrogen and oxygen atoms in total. The molecule has 1 rings (SSSR count). The number of rotatable bonds is 8. The quantitative estimate of drug-likeness (QED) is 0.667. The fourth-order valence-corrected chi connectivity index (χ4v) is 3.17. The predicted molar refractivity (Wildman–Crippen MR) is 81.0 cm³/mol. The van der Waals surface area contributed by atoms with E-state index in [9.17, 15) is 0 Å². The van der Waals surface area contributed by atoms with Crippen molar-refractivity contribution in [3.8, 4) is 0 Å². The third-order valence-electron chi connectivity index (χ3n) is 4.64. The molecule has 0 saturated heterocycles. The fraction of sp³-hybridized carbons (Fsp3) is 1.00. The standard InChI is InChI=1S/C16H34N2/c1-5-18(6-2)12-8-11-17-16-10-7-9-15(13-16)14(3)4/h14-17H,5-13H2,1-4H3. The summed E-state index contributed by atoms with van der Waals surface area (Å²) in [6.07, 6.45) is 6.98. The molecule has 0 spiro atoms. The van der Waals surface area contributed by atoms with Gasteiger partial charge in [0.2, 0.25) is 0 Å². The molecule has 0 amide bonds.